The number of nitrogens with one attached hydrogen (secondary N) is 1. The summed E-state index contributed by atoms with van der Waals surface area (Å²) in [7, 11) is 0. The number of rotatable bonds is 4. The molecule has 98 valence electrons. The minimum absolute atomic E-state index is 0.186. The van der Waals surface area contributed by atoms with Crippen LogP contribution in [-0.4, -0.2) is 11.1 Å². The van der Waals surface area contributed by atoms with Crippen LogP contribution in [0.1, 0.15) is 11.1 Å². The molecule has 0 saturated heterocycles. The van der Waals surface area contributed by atoms with Gasteiger partial charge in [-0.05, 0) is 17.7 Å². The number of hydrazone groups is 1. The van der Waals surface area contributed by atoms with Gasteiger partial charge < -0.3 is 0 Å². The molecule has 2 aromatic carbocycles. The van der Waals surface area contributed by atoms with E-state index in [4.69, 9.17) is 5.26 Å². The molecule has 0 radical (unpaired) electrons. The fourth-order valence-electron chi connectivity index (χ4n) is 1.56. The van der Waals surface area contributed by atoms with E-state index in [0.717, 1.165) is 5.56 Å². The van der Waals surface area contributed by atoms with Gasteiger partial charge in [-0.2, -0.15) is 10.4 Å². The molecule has 1 N–H and O–H groups in total. The summed E-state index contributed by atoms with van der Waals surface area (Å²) in [6, 6.07) is 15.4. The zero-order valence-corrected chi connectivity index (χ0v) is 10.4. The van der Waals surface area contributed by atoms with Gasteiger partial charge in [0.05, 0.1) is 22.8 Å². The molecule has 0 aliphatic rings. The highest BCUT2D eigenvalue weighted by Crippen LogP contribution is 2.25. The van der Waals surface area contributed by atoms with Crippen LogP contribution < -0.4 is 5.43 Å². The van der Waals surface area contributed by atoms with E-state index in [9.17, 15) is 10.1 Å². The van der Waals surface area contributed by atoms with Crippen molar-refractivity contribution in [2.24, 2.45) is 5.10 Å². The molecule has 20 heavy (non-hydrogen) atoms. The molecule has 6 nitrogen and oxygen atoms in total. The number of hydrogen-bond acceptors (Lipinski definition) is 5. The van der Waals surface area contributed by atoms with Crippen molar-refractivity contribution >= 4 is 17.6 Å². The van der Waals surface area contributed by atoms with Crippen LogP contribution in [0.5, 0.6) is 0 Å². The van der Waals surface area contributed by atoms with Crippen molar-refractivity contribution in [2.75, 3.05) is 5.43 Å². The molecule has 0 unspecified atom stereocenters. The molecule has 0 aromatic heterocycles. The number of benzene rings is 2. The van der Waals surface area contributed by atoms with Crippen LogP contribution in [0, 0.1) is 21.4 Å². The van der Waals surface area contributed by atoms with Crippen molar-refractivity contribution in [2.45, 2.75) is 0 Å². The first-order valence-corrected chi connectivity index (χ1v) is 5.73. The normalized spacial score (nSPS) is 10.2. The number of anilines is 1. The Morgan fingerprint density at radius 2 is 2.00 bits per heavy atom. The van der Waals surface area contributed by atoms with Crippen LogP contribution in [-0.2, 0) is 0 Å². The Morgan fingerprint density at radius 1 is 1.25 bits per heavy atom. The summed E-state index contributed by atoms with van der Waals surface area (Å²) in [6.07, 6.45) is 1.56. The molecule has 0 spiro atoms. The fraction of sp³-hybridized carbons (Fsp3) is 0. The van der Waals surface area contributed by atoms with Crippen molar-refractivity contribution in [1.82, 2.24) is 0 Å². The lowest BCUT2D eigenvalue weighted by molar-refractivity contribution is -0.384. The SMILES string of the molecule is N#Cc1ccc(NN=Cc2ccccc2)c([N+](=O)[O-])c1. The Bertz CT molecular complexity index is 690. The van der Waals surface area contributed by atoms with Crippen LogP contribution in [0.3, 0.4) is 0 Å². The Hall–Kier alpha value is -3.20. The minimum atomic E-state index is -0.554. The highest BCUT2D eigenvalue weighted by molar-refractivity contribution is 5.80. The Balaban J connectivity index is 2.20. The van der Waals surface area contributed by atoms with Gasteiger partial charge in [0.2, 0.25) is 0 Å². The highest BCUT2D eigenvalue weighted by Gasteiger charge is 2.13. The molecule has 6 heteroatoms. The van der Waals surface area contributed by atoms with Crippen molar-refractivity contribution in [3.63, 3.8) is 0 Å². The molecule has 0 heterocycles. The zero-order valence-electron chi connectivity index (χ0n) is 10.4. The molecular weight excluding hydrogens is 256 g/mol. The summed E-state index contributed by atoms with van der Waals surface area (Å²) in [5.41, 5.74) is 3.77. The second-order valence-corrected chi connectivity index (χ2v) is 3.88. The highest BCUT2D eigenvalue weighted by atomic mass is 16.6. The summed E-state index contributed by atoms with van der Waals surface area (Å²) < 4.78 is 0. The average molecular weight is 266 g/mol. The number of nitro benzene ring substituents is 1. The van der Waals surface area contributed by atoms with E-state index in [1.807, 2.05) is 36.4 Å². The predicted molar refractivity (Wildman–Crippen MR) is 75.5 cm³/mol. The third-order valence-corrected chi connectivity index (χ3v) is 2.52. The number of nitro groups is 1. The molecule has 0 saturated carbocycles. The lowest BCUT2D eigenvalue weighted by Crippen LogP contribution is -1.97. The lowest BCUT2D eigenvalue weighted by atomic mass is 10.2. The first-order chi connectivity index (χ1) is 9.70. The molecule has 0 aliphatic heterocycles. The van der Waals surface area contributed by atoms with E-state index in [1.165, 1.54) is 18.2 Å². The standard InChI is InChI=1S/C14H10N4O2/c15-9-12-6-7-13(14(8-12)18(19)20)17-16-10-11-4-2-1-3-5-11/h1-8,10,17H. The quantitative estimate of drug-likeness (QED) is 0.523. The van der Waals surface area contributed by atoms with E-state index >= 15 is 0 Å². The molecule has 0 fully saturated rings. The van der Waals surface area contributed by atoms with Crippen molar-refractivity contribution < 1.29 is 4.92 Å². The van der Waals surface area contributed by atoms with E-state index < -0.39 is 4.92 Å². The van der Waals surface area contributed by atoms with Crippen LogP contribution >= 0.6 is 0 Å². The topological polar surface area (TPSA) is 91.3 Å². The monoisotopic (exact) mass is 266 g/mol. The molecule has 0 amide bonds. The first-order valence-electron chi connectivity index (χ1n) is 5.73. The fourth-order valence-corrected chi connectivity index (χ4v) is 1.56. The lowest BCUT2D eigenvalue weighted by Gasteiger charge is -2.02. The summed E-state index contributed by atoms with van der Waals surface area (Å²) in [5.74, 6) is 0. The molecular formula is C14H10N4O2. The Kier molecular flexibility index (Phi) is 4.04. The molecule has 0 bridgehead atoms. The minimum Gasteiger partial charge on any atom is -0.272 e. The van der Waals surface area contributed by atoms with Gasteiger partial charge in [0.15, 0.2) is 0 Å². The van der Waals surface area contributed by atoms with Crippen LogP contribution in [0.4, 0.5) is 11.4 Å². The van der Waals surface area contributed by atoms with Gasteiger partial charge >= 0.3 is 0 Å². The largest absolute Gasteiger partial charge is 0.295 e. The second-order valence-electron chi connectivity index (χ2n) is 3.88. The van der Waals surface area contributed by atoms with Crippen LogP contribution in [0.25, 0.3) is 0 Å². The molecule has 2 aromatic rings. The van der Waals surface area contributed by atoms with E-state index in [-0.39, 0.29) is 16.9 Å². The maximum absolute atomic E-state index is 10.9. The third kappa shape index (κ3) is 3.17. The maximum Gasteiger partial charge on any atom is 0.295 e. The first kappa shape index (κ1) is 13.2. The Morgan fingerprint density at radius 3 is 2.65 bits per heavy atom. The number of nitriles is 1. The Labute approximate surface area is 115 Å². The summed E-state index contributed by atoms with van der Waals surface area (Å²) >= 11 is 0. The molecule has 0 atom stereocenters. The zero-order chi connectivity index (χ0) is 14.4. The van der Waals surface area contributed by atoms with Crippen LogP contribution in [0.15, 0.2) is 53.6 Å². The van der Waals surface area contributed by atoms with Gasteiger partial charge in [0.25, 0.3) is 5.69 Å². The molecule has 0 aliphatic carbocycles. The maximum atomic E-state index is 10.9. The van der Waals surface area contributed by atoms with E-state index in [0.29, 0.717) is 0 Å². The predicted octanol–water partition coefficient (Wildman–Crippen LogP) is 2.91. The molecule has 2 rings (SSSR count). The van der Waals surface area contributed by atoms with Gasteiger partial charge in [0.1, 0.15) is 5.69 Å². The number of hydrogen-bond donors (Lipinski definition) is 1. The van der Waals surface area contributed by atoms with Crippen molar-refractivity contribution in [1.29, 1.82) is 5.26 Å². The van der Waals surface area contributed by atoms with E-state index in [2.05, 4.69) is 10.5 Å². The number of nitrogens with zero attached hydrogens (tertiary/aromatic N) is 3. The average Bonchev–Trinajstić information content (AvgIpc) is 2.48. The van der Waals surface area contributed by atoms with Gasteiger partial charge in [-0.3, -0.25) is 15.5 Å². The van der Waals surface area contributed by atoms with Crippen molar-refractivity contribution in [3.8, 4) is 6.07 Å². The summed E-state index contributed by atoms with van der Waals surface area (Å²) in [4.78, 5) is 10.4. The smallest absolute Gasteiger partial charge is 0.272 e. The third-order valence-electron chi connectivity index (χ3n) is 2.52. The van der Waals surface area contributed by atoms with Gasteiger partial charge in [0, 0.05) is 6.07 Å². The van der Waals surface area contributed by atoms with Crippen LogP contribution in [0.2, 0.25) is 0 Å². The van der Waals surface area contributed by atoms with Crippen molar-refractivity contribution in [3.05, 3.63) is 69.8 Å². The summed E-state index contributed by atoms with van der Waals surface area (Å²) in [5, 5.41) is 23.6. The van der Waals surface area contributed by atoms with Gasteiger partial charge in [-0.1, -0.05) is 30.3 Å². The van der Waals surface area contributed by atoms with E-state index in [1.54, 1.807) is 6.21 Å². The van der Waals surface area contributed by atoms with Gasteiger partial charge in [-0.15, -0.1) is 0 Å². The second kappa shape index (κ2) is 6.11. The summed E-state index contributed by atoms with van der Waals surface area (Å²) in [6.45, 7) is 0. The van der Waals surface area contributed by atoms with Gasteiger partial charge in [-0.25, -0.2) is 0 Å².